The molecular weight excluding hydrogens is 272 g/mol. The van der Waals surface area contributed by atoms with Gasteiger partial charge in [0.1, 0.15) is 24.4 Å². The molecule has 2 saturated heterocycles. The van der Waals surface area contributed by atoms with Gasteiger partial charge in [-0.2, -0.15) is 0 Å². The third-order valence-corrected chi connectivity index (χ3v) is 3.70. The number of rotatable bonds is 2. The van der Waals surface area contributed by atoms with E-state index in [0.29, 0.717) is 0 Å². The number of ether oxygens (including phenoxy) is 3. The van der Waals surface area contributed by atoms with Gasteiger partial charge in [-0.1, -0.05) is 0 Å². The van der Waals surface area contributed by atoms with Crippen LogP contribution in [-0.2, 0) is 14.2 Å². The zero-order valence-electron chi connectivity index (χ0n) is 11.4. The van der Waals surface area contributed by atoms with Crippen LogP contribution >= 0.6 is 0 Å². The monoisotopic (exact) mass is 294 g/mol. The molecule has 0 radical (unpaired) electrons. The molecule has 2 heterocycles. The molecule has 8 nitrogen and oxygen atoms in total. The maximum atomic E-state index is 9.91. The van der Waals surface area contributed by atoms with Gasteiger partial charge in [-0.15, -0.1) is 0 Å². The Bertz CT molecular complexity index is 327. The first-order valence-corrected chi connectivity index (χ1v) is 6.68. The Morgan fingerprint density at radius 2 is 1.55 bits per heavy atom. The van der Waals surface area contributed by atoms with Crippen molar-refractivity contribution in [2.75, 3.05) is 0 Å². The fraction of sp³-hybridized carbons (Fsp3) is 1.00. The van der Waals surface area contributed by atoms with E-state index < -0.39 is 49.2 Å². The molecule has 2 aliphatic heterocycles. The second-order valence-electron chi connectivity index (χ2n) is 5.42. The minimum atomic E-state index is -1.51. The Balaban J connectivity index is 2.04. The zero-order chi connectivity index (χ0) is 15.0. The zero-order valence-corrected chi connectivity index (χ0v) is 11.4. The quantitative estimate of drug-likeness (QED) is 0.384. The van der Waals surface area contributed by atoms with Gasteiger partial charge in [-0.25, -0.2) is 0 Å². The third kappa shape index (κ3) is 3.12. The van der Waals surface area contributed by atoms with Crippen LogP contribution in [0.4, 0.5) is 0 Å². The molecule has 2 rings (SSSR count). The molecule has 0 aromatic rings. The van der Waals surface area contributed by atoms with Gasteiger partial charge in [0, 0.05) is 6.42 Å². The molecule has 0 aromatic heterocycles. The first-order chi connectivity index (χ1) is 9.31. The number of aliphatic hydroxyl groups excluding tert-OH is 5. The van der Waals surface area contributed by atoms with E-state index in [-0.39, 0.29) is 12.5 Å². The number of hydrogen-bond donors (Lipinski definition) is 5. The summed E-state index contributed by atoms with van der Waals surface area (Å²) >= 11 is 0. The summed E-state index contributed by atoms with van der Waals surface area (Å²) in [6, 6.07) is 0. The molecule has 0 spiro atoms. The molecule has 5 N–H and O–H groups in total. The minimum Gasteiger partial charge on any atom is -0.390 e. The van der Waals surface area contributed by atoms with Gasteiger partial charge in [-0.3, -0.25) is 0 Å². The van der Waals surface area contributed by atoms with Gasteiger partial charge >= 0.3 is 0 Å². The van der Waals surface area contributed by atoms with E-state index in [1.165, 1.54) is 0 Å². The van der Waals surface area contributed by atoms with Gasteiger partial charge in [0.25, 0.3) is 0 Å². The van der Waals surface area contributed by atoms with Crippen LogP contribution in [-0.4, -0.2) is 80.8 Å². The second-order valence-corrected chi connectivity index (χ2v) is 5.42. The molecular formula is C12H22O8. The summed E-state index contributed by atoms with van der Waals surface area (Å²) in [5.74, 6) is 0. The smallest absolute Gasteiger partial charge is 0.186 e. The highest BCUT2D eigenvalue weighted by atomic mass is 16.7. The van der Waals surface area contributed by atoms with Crippen LogP contribution in [0, 0.1) is 0 Å². The van der Waals surface area contributed by atoms with Crippen molar-refractivity contribution in [2.45, 2.75) is 75.6 Å². The summed E-state index contributed by atoms with van der Waals surface area (Å²) in [6.07, 6.45) is -9.53. The average Bonchev–Trinajstić information content (AvgIpc) is 2.37. The lowest BCUT2D eigenvalue weighted by Crippen LogP contribution is -2.60. The van der Waals surface area contributed by atoms with Gasteiger partial charge in [0.15, 0.2) is 12.6 Å². The minimum absolute atomic E-state index is 0.279. The summed E-state index contributed by atoms with van der Waals surface area (Å²) < 4.78 is 15.9. The summed E-state index contributed by atoms with van der Waals surface area (Å²) in [5, 5.41) is 48.4. The van der Waals surface area contributed by atoms with Gasteiger partial charge in [0.05, 0.1) is 18.3 Å². The van der Waals surface area contributed by atoms with E-state index in [4.69, 9.17) is 14.2 Å². The van der Waals surface area contributed by atoms with E-state index in [1.807, 2.05) is 0 Å². The van der Waals surface area contributed by atoms with E-state index in [1.54, 1.807) is 13.8 Å². The molecule has 9 atom stereocenters. The Morgan fingerprint density at radius 1 is 0.900 bits per heavy atom. The Hall–Kier alpha value is -0.320. The first kappa shape index (κ1) is 16.1. The lowest BCUT2D eigenvalue weighted by Gasteiger charge is -2.43. The second kappa shape index (κ2) is 6.20. The SMILES string of the molecule is C[C@@H]1C[C@H](O)[C@@H](O)[C@H](O[C@H]2[C@@H](O)[C@H](O)[C@H](O)O[C@@H]2C)O1. The predicted molar refractivity (Wildman–Crippen MR) is 64.4 cm³/mol. The van der Waals surface area contributed by atoms with Crippen LogP contribution < -0.4 is 0 Å². The van der Waals surface area contributed by atoms with Crippen molar-refractivity contribution < 1.29 is 39.7 Å². The number of hydrogen-bond acceptors (Lipinski definition) is 8. The van der Waals surface area contributed by atoms with Crippen LogP contribution in [0.1, 0.15) is 20.3 Å². The largest absolute Gasteiger partial charge is 0.390 e. The standard InChI is InChI=1S/C12H22O8/c1-4-3-6(13)7(14)12(18-4)20-10-5(2)19-11(17)9(16)8(10)15/h4-17H,3H2,1-2H3/t4-,5-,6+,7-,8+,9+,10-,11-,12+/m1/s1. The third-order valence-electron chi connectivity index (χ3n) is 3.70. The molecule has 20 heavy (non-hydrogen) atoms. The normalized spacial score (nSPS) is 53.9. The van der Waals surface area contributed by atoms with E-state index in [2.05, 4.69) is 0 Å². The van der Waals surface area contributed by atoms with Crippen LogP contribution in [0.3, 0.4) is 0 Å². The van der Waals surface area contributed by atoms with Crippen LogP contribution in [0.2, 0.25) is 0 Å². The van der Waals surface area contributed by atoms with Crippen LogP contribution in [0.25, 0.3) is 0 Å². The molecule has 0 aromatic carbocycles. The van der Waals surface area contributed by atoms with E-state index in [9.17, 15) is 25.5 Å². The van der Waals surface area contributed by atoms with Crippen molar-refractivity contribution >= 4 is 0 Å². The summed E-state index contributed by atoms with van der Waals surface area (Å²) in [7, 11) is 0. The van der Waals surface area contributed by atoms with Crippen molar-refractivity contribution in [2.24, 2.45) is 0 Å². The summed E-state index contributed by atoms with van der Waals surface area (Å²) in [5.41, 5.74) is 0. The highest BCUT2D eigenvalue weighted by molar-refractivity contribution is 4.89. The van der Waals surface area contributed by atoms with Crippen molar-refractivity contribution in [1.29, 1.82) is 0 Å². The Labute approximate surface area is 116 Å². The predicted octanol–water partition coefficient (Wildman–Crippen LogP) is -2.31. The van der Waals surface area contributed by atoms with Gasteiger partial charge < -0.3 is 39.7 Å². The molecule has 0 amide bonds. The lowest BCUT2D eigenvalue weighted by atomic mass is 9.99. The molecule has 2 fully saturated rings. The van der Waals surface area contributed by atoms with E-state index >= 15 is 0 Å². The highest BCUT2D eigenvalue weighted by Crippen LogP contribution is 2.27. The maximum Gasteiger partial charge on any atom is 0.186 e. The molecule has 0 aliphatic carbocycles. The molecule has 0 bridgehead atoms. The fourth-order valence-electron chi connectivity index (χ4n) is 2.50. The summed E-state index contributed by atoms with van der Waals surface area (Å²) in [6.45, 7) is 3.28. The van der Waals surface area contributed by atoms with Crippen molar-refractivity contribution in [3.63, 3.8) is 0 Å². The first-order valence-electron chi connectivity index (χ1n) is 6.68. The molecule has 2 aliphatic rings. The summed E-state index contributed by atoms with van der Waals surface area (Å²) in [4.78, 5) is 0. The topological polar surface area (TPSA) is 129 Å². The molecule has 0 unspecified atom stereocenters. The number of aliphatic hydroxyl groups is 5. The van der Waals surface area contributed by atoms with Gasteiger partial charge in [0.2, 0.25) is 0 Å². The average molecular weight is 294 g/mol. The van der Waals surface area contributed by atoms with Crippen molar-refractivity contribution in [1.82, 2.24) is 0 Å². The maximum absolute atomic E-state index is 9.91. The van der Waals surface area contributed by atoms with Crippen molar-refractivity contribution in [3.05, 3.63) is 0 Å². The Kier molecular flexibility index (Phi) is 4.98. The van der Waals surface area contributed by atoms with Gasteiger partial charge in [-0.05, 0) is 13.8 Å². The fourth-order valence-corrected chi connectivity index (χ4v) is 2.50. The Morgan fingerprint density at radius 3 is 2.20 bits per heavy atom. The molecule has 0 saturated carbocycles. The highest BCUT2D eigenvalue weighted by Gasteiger charge is 2.46. The van der Waals surface area contributed by atoms with Crippen LogP contribution in [0.5, 0.6) is 0 Å². The van der Waals surface area contributed by atoms with E-state index in [0.717, 1.165) is 0 Å². The molecule has 118 valence electrons. The lowest BCUT2D eigenvalue weighted by molar-refractivity contribution is -0.337. The van der Waals surface area contributed by atoms with Crippen LogP contribution in [0.15, 0.2) is 0 Å². The van der Waals surface area contributed by atoms with Crippen molar-refractivity contribution in [3.8, 4) is 0 Å². The molecule has 8 heteroatoms.